The van der Waals surface area contributed by atoms with E-state index in [1.54, 1.807) is 24.3 Å². The third kappa shape index (κ3) is 2.44. The van der Waals surface area contributed by atoms with Gasteiger partial charge in [-0.3, -0.25) is 0 Å². The Labute approximate surface area is 132 Å². The minimum Gasteiger partial charge on any atom is -0.493 e. The summed E-state index contributed by atoms with van der Waals surface area (Å²) < 4.78 is 15.9. The molecule has 0 radical (unpaired) electrons. The van der Waals surface area contributed by atoms with Gasteiger partial charge in [-0.2, -0.15) is 0 Å². The van der Waals surface area contributed by atoms with Crippen LogP contribution in [0.1, 0.15) is 22.1 Å². The predicted octanol–water partition coefficient (Wildman–Crippen LogP) is 3.64. The number of anilines is 1. The zero-order chi connectivity index (χ0) is 15.7. The van der Waals surface area contributed by atoms with Crippen LogP contribution in [0.15, 0.2) is 36.4 Å². The van der Waals surface area contributed by atoms with Crippen molar-refractivity contribution in [1.82, 2.24) is 0 Å². The van der Waals surface area contributed by atoms with Gasteiger partial charge in [-0.25, -0.2) is 4.79 Å². The zero-order valence-electron chi connectivity index (χ0n) is 12.1. The number of carbonyl (C=O) groups excluding carboxylic acids is 1. The van der Waals surface area contributed by atoms with E-state index in [0.717, 1.165) is 5.69 Å². The number of rotatable bonds is 4. The summed E-state index contributed by atoms with van der Waals surface area (Å²) in [6, 6.07) is 10.7. The van der Waals surface area contributed by atoms with Crippen molar-refractivity contribution >= 4 is 23.3 Å². The van der Waals surface area contributed by atoms with Crippen molar-refractivity contribution < 1.29 is 19.0 Å². The minimum atomic E-state index is -0.597. The van der Waals surface area contributed by atoms with Crippen molar-refractivity contribution in [2.75, 3.05) is 19.5 Å². The van der Waals surface area contributed by atoms with Crippen LogP contribution in [-0.2, 0) is 4.74 Å². The number of ether oxygens (including phenoxy) is 3. The van der Waals surface area contributed by atoms with Crippen molar-refractivity contribution in [2.45, 2.75) is 6.23 Å². The molecule has 114 valence electrons. The number of benzene rings is 2. The van der Waals surface area contributed by atoms with E-state index in [0.29, 0.717) is 27.6 Å². The van der Waals surface area contributed by atoms with Gasteiger partial charge in [-0.05, 0) is 30.3 Å². The Morgan fingerprint density at radius 1 is 1.18 bits per heavy atom. The smallest absolute Gasteiger partial charge is 0.344 e. The van der Waals surface area contributed by atoms with Crippen molar-refractivity contribution in [3.05, 3.63) is 52.5 Å². The van der Waals surface area contributed by atoms with Gasteiger partial charge in [0.1, 0.15) is 5.56 Å². The highest BCUT2D eigenvalue weighted by molar-refractivity contribution is 6.30. The molecule has 1 atom stereocenters. The molecule has 22 heavy (non-hydrogen) atoms. The maximum Gasteiger partial charge on any atom is 0.344 e. The molecule has 1 unspecified atom stereocenters. The SMILES string of the molecule is COc1ccc2c(c1OC)C(=O)OC2Nc1cccc(Cl)c1. The summed E-state index contributed by atoms with van der Waals surface area (Å²) in [5, 5.41) is 3.73. The number of nitrogens with one attached hydrogen (secondary N) is 1. The Morgan fingerprint density at radius 3 is 2.68 bits per heavy atom. The molecule has 3 rings (SSSR count). The Hall–Kier alpha value is -2.40. The molecule has 0 bridgehead atoms. The largest absolute Gasteiger partial charge is 0.493 e. The van der Waals surface area contributed by atoms with Gasteiger partial charge in [0.15, 0.2) is 11.5 Å². The molecule has 0 aliphatic carbocycles. The topological polar surface area (TPSA) is 56.8 Å². The first-order chi connectivity index (χ1) is 10.6. The molecule has 6 heteroatoms. The van der Waals surface area contributed by atoms with Gasteiger partial charge in [-0.15, -0.1) is 0 Å². The molecule has 1 aliphatic rings. The average molecular weight is 320 g/mol. The van der Waals surface area contributed by atoms with E-state index in [-0.39, 0.29) is 0 Å². The molecule has 0 aromatic heterocycles. The van der Waals surface area contributed by atoms with Gasteiger partial charge in [0.25, 0.3) is 0 Å². The number of methoxy groups -OCH3 is 2. The van der Waals surface area contributed by atoms with Crippen LogP contribution >= 0.6 is 11.6 Å². The first-order valence-electron chi connectivity index (χ1n) is 6.62. The van der Waals surface area contributed by atoms with Crippen LogP contribution in [0.4, 0.5) is 5.69 Å². The molecular weight excluding hydrogens is 306 g/mol. The lowest BCUT2D eigenvalue weighted by molar-refractivity contribution is 0.0435. The number of hydrogen-bond donors (Lipinski definition) is 1. The van der Waals surface area contributed by atoms with Gasteiger partial charge >= 0.3 is 5.97 Å². The van der Waals surface area contributed by atoms with Crippen molar-refractivity contribution in [1.29, 1.82) is 0 Å². The molecule has 0 saturated carbocycles. The Bertz CT molecular complexity index is 732. The van der Waals surface area contributed by atoms with E-state index < -0.39 is 12.2 Å². The lowest BCUT2D eigenvalue weighted by Crippen LogP contribution is -2.10. The van der Waals surface area contributed by atoms with Crippen molar-refractivity contribution in [3.8, 4) is 11.5 Å². The van der Waals surface area contributed by atoms with Crippen LogP contribution in [-0.4, -0.2) is 20.2 Å². The van der Waals surface area contributed by atoms with Gasteiger partial charge in [0, 0.05) is 16.3 Å². The van der Waals surface area contributed by atoms with Crippen LogP contribution in [0.2, 0.25) is 5.02 Å². The Balaban J connectivity index is 1.98. The summed E-state index contributed by atoms with van der Waals surface area (Å²) >= 11 is 5.96. The number of carbonyl (C=O) groups is 1. The molecule has 1 N–H and O–H groups in total. The van der Waals surface area contributed by atoms with Crippen molar-refractivity contribution in [2.24, 2.45) is 0 Å². The second-order valence-corrected chi connectivity index (χ2v) is 5.14. The highest BCUT2D eigenvalue weighted by atomic mass is 35.5. The van der Waals surface area contributed by atoms with E-state index in [2.05, 4.69) is 5.32 Å². The minimum absolute atomic E-state index is 0.375. The molecule has 1 heterocycles. The molecular formula is C16H14ClNO4. The lowest BCUT2D eigenvalue weighted by Gasteiger charge is -2.15. The van der Waals surface area contributed by atoms with Crippen LogP contribution in [0.3, 0.4) is 0 Å². The van der Waals surface area contributed by atoms with E-state index in [9.17, 15) is 4.79 Å². The third-order valence-corrected chi connectivity index (χ3v) is 3.65. The second kappa shape index (κ2) is 5.77. The fraction of sp³-hybridized carbons (Fsp3) is 0.188. The Kier molecular flexibility index (Phi) is 3.81. The van der Waals surface area contributed by atoms with Gasteiger partial charge in [0.05, 0.1) is 14.2 Å². The first-order valence-corrected chi connectivity index (χ1v) is 7.00. The van der Waals surface area contributed by atoms with E-state index in [1.807, 2.05) is 12.1 Å². The van der Waals surface area contributed by atoms with E-state index >= 15 is 0 Å². The number of esters is 1. The number of fused-ring (bicyclic) bond motifs is 1. The average Bonchev–Trinajstić information content (AvgIpc) is 2.82. The molecule has 0 fully saturated rings. The molecule has 0 spiro atoms. The van der Waals surface area contributed by atoms with E-state index in [4.69, 9.17) is 25.8 Å². The van der Waals surface area contributed by atoms with Gasteiger partial charge in [-0.1, -0.05) is 17.7 Å². The monoisotopic (exact) mass is 319 g/mol. The number of hydrogen-bond acceptors (Lipinski definition) is 5. The number of cyclic esters (lactones) is 1. The Morgan fingerprint density at radius 2 is 2.00 bits per heavy atom. The molecule has 1 aliphatic heterocycles. The van der Waals surface area contributed by atoms with Crippen molar-refractivity contribution in [3.63, 3.8) is 0 Å². The molecule has 0 amide bonds. The fourth-order valence-corrected chi connectivity index (χ4v) is 2.63. The first kappa shape index (κ1) is 14.5. The summed E-state index contributed by atoms with van der Waals surface area (Å²) in [7, 11) is 3.01. The summed E-state index contributed by atoms with van der Waals surface area (Å²) in [4.78, 5) is 12.2. The maximum absolute atomic E-state index is 12.2. The number of halogens is 1. The predicted molar refractivity (Wildman–Crippen MR) is 82.8 cm³/mol. The van der Waals surface area contributed by atoms with Crippen LogP contribution in [0.5, 0.6) is 11.5 Å². The van der Waals surface area contributed by atoms with Gasteiger partial charge < -0.3 is 19.5 Å². The third-order valence-electron chi connectivity index (χ3n) is 3.41. The fourth-order valence-electron chi connectivity index (χ4n) is 2.44. The zero-order valence-corrected chi connectivity index (χ0v) is 12.8. The summed E-state index contributed by atoms with van der Waals surface area (Å²) in [5.41, 5.74) is 1.83. The summed E-state index contributed by atoms with van der Waals surface area (Å²) in [5.74, 6) is 0.410. The summed E-state index contributed by atoms with van der Waals surface area (Å²) in [6.45, 7) is 0. The highest BCUT2D eigenvalue weighted by Crippen LogP contribution is 2.42. The van der Waals surface area contributed by atoms with Crippen LogP contribution < -0.4 is 14.8 Å². The molecule has 5 nitrogen and oxygen atoms in total. The van der Waals surface area contributed by atoms with Gasteiger partial charge in [0.2, 0.25) is 6.23 Å². The van der Waals surface area contributed by atoms with E-state index in [1.165, 1.54) is 14.2 Å². The molecule has 2 aromatic rings. The normalized spacial score (nSPS) is 16.0. The highest BCUT2D eigenvalue weighted by Gasteiger charge is 2.35. The molecule has 0 saturated heterocycles. The lowest BCUT2D eigenvalue weighted by atomic mass is 10.1. The standard InChI is InChI=1S/C16H14ClNO4/c1-20-12-7-6-11-13(14(12)21-2)16(19)22-15(11)18-10-5-3-4-9(17)8-10/h3-8,15,18H,1-2H3. The molecule has 2 aromatic carbocycles. The maximum atomic E-state index is 12.2. The van der Waals surface area contributed by atoms with Crippen LogP contribution in [0, 0.1) is 0 Å². The second-order valence-electron chi connectivity index (χ2n) is 4.71. The quantitative estimate of drug-likeness (QED) is 0.872. The summed E-state index contributed by atoms with van der Waals surface area (Å²) in [6.07, 6.45) is -0.597. The van der Waals surface area contributed by atoms with Crippen LogP contribution in [0.25, 0.3) is 0 Å².